The molecule has 10 heavy (non-hydrogen) atoms. The molecule has 0 saturated heterocycles. The van der Waals surface area contributed by atoms with Crippen molar-refractivity contribution in [2.24, 2.45) is 5.92 Å². The topological polar surface area (TPSA) is 0 Å². The van der Waals surface area contributed by atoms with Crippen LogP contribution in [0.4, 0.5) is 0 Å². The van der Waals surface area contributed by atoms with Crippen LogP contribution in [-0.2, 0) is 0 Å². The Kier molecular flexibility index (Phi) is 4.65. The van der Waals surface area contributed by atoms with Crippen molar-refractivity contribution in [3.8, 4) is 0 Å². The van der Waals surface area contributed by atoms with E-state index in [2.05, 4.69) is 32.6 Å². The highest BCUT2D eigenvalue weighted by atomic mass is 13.9. The third-order valence-corrected chi connectivity index (χ3v) is 1.33. The molecule has 0 radical (unpaired) electrons. The molecule has 0 aliphatic heterocycles. The number of allylic oxidation sites excluding steroid dienone is 5. The molecular weight excluding hydrogens is 120 g/mol. The molecule has 0 saturated carbocycles. The maximum absolute atomic E-state index is 3.71. The normalized spacial score (nSPS) is 15.7. The average molecular weight is 136 g/mol. The first-order valence-electron chi connectivity index (χ1n) is 3.64. The molecule has 0 heterocycles. The van der Waals surface area contributed by atoms with E-state index in [0.29, 0.717) is 5.92 Å². The third kappa shape index (κ3) is 4.13. The predicted octanol–water partition coefficient (Wildman–Crippen LogP) is 3.33. The van der Waals surface area contributed by atoms with Crippen molar-refractivity contribution >= 4 is 0 Å². The van der Waals surface area contributed by atoms with Gasteiger partial charge in [-0.3, -0.25) is 0 Å². The van der Waals surface area contributed by atoms with Crippen LogP contribution >= 0.6 is 0 Å². The summed E-state index contributed by atoms with van der Waals surface area (Å²) in [6.45, 7) is 9.95. The minimum absolute atomic E-state index is 0.483. The van der Waals surface area contributed by atoms with Crippen molar-refractivity contribution in [3.63, 3.8) is 0 Å². The van der Waals surface area contributed by atoms with E-state index in [1.807, 2.05) is 19.1 Å². The van der Waals surface area contributed by atoms with Crippen LogP contribution in [0, 0.1) is 5.92 Å². The van der Waals surface area contributed by atoms with E-state index in [1.54, 1.807) is 0 Å². The molecule has 0 bridgehead atoms. The molecule has 0 amide bonds. The lowest BCUT2D eigenvalue weighted by Gasteiger charge is -1.97. The van der Waals surface area contributed by atoms with Gasteiger partial charge in [0.1, 0.15) is 0 Å². The van der Waals surface area contributed by atoms with Crippen molar-refractivity contribution in [1.82, 2.24) is 0 Å². The molecule has 0 aliphatic carbocycles. The van der Waals surface area contributed by atoms with Crippen LogP contribution in [0.2, 0.25) is 0 Å². The Hall–Kier alpha value is -0.780. The largest absolute Gasteiger partial charge is 0.102 e. The Bertz CT molecular complexity index is 149. The molecule has 0 heteroatoms. The van der Waals surface area contributed by atoms with Gasteiger partial charge in [-0.25, -0.2) is 0 Å². The number of hydrogen-bond acceptors (Lipinski definition) is 0. The Morgan fingerprint density at radius 2 is 2.10 bits per heavy atom. The zero-order valence-electron chi connectivity index (χ0n) is 7.09. The highest BCUT2D eigenvalue weighted by Gasteiger charge is 1.87. The average Bonchev–Trinajstić information content (AvgIpc) is 1.88. The zero-order valence-corrected chi connectivity index (χ0v) is 7.09. The standard InChI is InChI=1S/C10H16/c1-5-7-10(4)8-9(3)6-2/h5-9H,2H2,1,3-4H3/b7-5-,10-8-. The van der Waals surface area contributed by atoms with Crippen LogP contribution in [0.5, 0.6) is 0 Å². The van der Waals surface area contributed by atoms with Gasteiger partial charge in [0.2, 0.25) is 0 Å². The second-order valence-electron chi connectivity index (χ2n) is 2.51. The Labute approximate surface area is 64.0 Å². The fourth-order valence-electron chi connectivity index (χ4n) is 0.801. The molecule has 0 fully saturated rings. The monoisotopic (exact) mass is 136 g/mol. The SMILES string of the molecule is C=CC(C)/C=C(C)\C=C/C. The summed E-state index contributed by atoms with van der Waals surface area (Å²) in [5.41, 5.74) is 1.30. The van der Waals surface area contributed by atoms with Crippen molar-refractivity contribution in [3.05, 3.63) is 36.5 Å². The summed E-state index contributed by atoms with van der Waals surface area (Å²) in [7, 11) is 0. The summed E-state index contributed by atoms with van der Waals surface area (Å²) in [5.74, 6) is 0.483. The first-order valence-corrected chi connectivity index (χ1v) is 3.64. The molecule has 1 atom stereocenters. The van der Waals surface area contributed by atoms with Gasteiger partial charge in [-0.05, 0) is 19.8 Å². The molecule has 0 N–H and O–H groups in total. The molecule has 0 nitrogen and oxygen atoms in total. The number of rotatable bonds is 3. The van der Waals surface area contributed by atoms with E-state index in [0.717, 1.165) is 0 Å². The van der Waals surface area contributed by atoms with Crippen LogP contribution < -0.4 is 0 Å². The lowest BCUT2D eigenvalue weighted by molar-refractivity contribution is 0.934. The molecule has 0 rings (SSSR count). The van der Waals surface area contributed by atoms with Gasteiger partial charge in [0.05, 0.1) is 0 Å². The Morgan fingerprint density at radius 3 is 2.50 bits per heavy atom. The first kappa shape index (κ1) is 9.22. The van der Waals surface area contributed by atoms with E-state index in [1.165, 1.54) is 5.57 Å². The molecule has 1 unspecified atom stereocenters. The smallest absolute Gasteiger partial charge is 0.00788 e. The first-order chi connectivity index (χ1) is 4.70. The molecule has 0 aromatic rings. The Morgan fingerprint density at radius 1 is 1.50 bits per heavy atom. The summed E-state index contributed by atoms with van der Waals surface area (Å²) in [5, 5.41) is 0. The van der Waals surface area contributed by atoms with E-state index in [-0.39, 0.29) is 0 Å². The minimum Gasteiger partial charge on any atom is -0.102 e. The van der Waals surface area contributed by atoms with Crippen LogP contribution in [0.3, 0.4) is 0 Å². The molecule has 0 aliphatic rings. The van der Waals surface area contributed by atoms with Gasteiger partial charge in [0.15, 0.2) is 0 Å². The second kappa shape index (κ2) is 5.04. The summed E-state index contributed by atoms with van der Waals surface area (Å²) >= 11 is 0. The fourth-order valence-corrected chi connectivity index (χ4v) is 0.801. The van der Waals surface area contributed by atoms with Crippen molar-refractivity contribution in [2.75, 3.05) is 0 Å². The van der Waals surface area contributed by atoms with Gasteiger partial charge in [0, 0.05) is 0 Å². The summed E-state index contributed by atoms with van der Waals surface area (Å²) in [4.78, 5) is 0. The molecule has 56 valence electrons. The second-order valence-corrected chi connectivity index (χ2v) is 2.51. The molecule has 0 aromatic carbocycles. The quantitative estimate of drug-likeness (QED) is 0.412. The van der Waals surface area contributed by atoms with Gasteiger partial charge in [-0.1, -0.05) is 36.8 Å². The lowest BCUT2D eigenvalue weighted by atomic mass is 10.1. The fraction of sp³-hybridized carbons (Fsp3) is 0.400. The molecular formula is C10H16. The van der Waals surface area contributed by atoms with E-state index < -0.39 is 0 Å². The van der Waals surface area contributed by atoms with E-state index in [4.69, 9.17) is 0 Å². The van der Waals surface area contributed by atoms with Crippen LogP contribution in [-0.4, -0.2) is 0 Å². The summed E-state index contributed by atoms with van der Waals surface area (Å²) in [6.07, 6.45) is 8.27. The van der Waals surface area contributed by atoms with Crippen molar-refractivity contribution < 1.29 is 0 Å². The maximum Gasteiger partial charge on any atom is -0.00788 e. The lowest BCUT2D eigenvalue weighted by Crippen LogP contribution is -1.82. The molecule has 0 spiro atoms. The number of hydrogen-bond donors (Lipinski definition) is 0. The van der Waals surface area contributed by atoms with Crippen molar-refractivity contribution in [1.29, 1.82) is 0 Å². The minimum atomic E-state index is 0.483. The van der Waals surface area contributed by atoms with E-state index in [9.17, 15) is 0 Å². The van der Waals surface area contributed by atoms with Gasteiger partial charge < -0.3 is 0 Å². The predicted molar refractivity (Wildman–Crippen MR) is 47.9 cm³/mol. The zero-order chi connectivity index (χ0) is 7.98. The summed E-state index contributed by atoms with van der Waals surface area (Å²) < 4.78 is 0. The van der Waals surface area contributed by atoms with Gasteiger partial charge in [0.25, 0.3) is 0 Å². The van der Waals surface area contributed by atoms with Gasteiger partial charge in [-0.2, -0.15) is 0 Å². The Balaban J connectivity index is 4.01. The van der Waals surface area contributed by atoms with Crippen LogP contribution in [0.1, 0.15) is 20.8 Å². The highest BCUT2D eigenvalue weighted by Crippen LogP contribution is 2.04. The highest BCUT2D eigenvalue weighted by molar-refractivity contribution is 5.17. The van der Waals surface area contributed by atoms with Gasteiger partial charge in [-0.15, -0.1) is 6.58 Å². The van der Waals surface area contributed by atoms with Crippen molar-refractivity contribution in [2.45, 2.75) is 20.8 Å². The van der Waals surface area contributed by atoms with E-state index >= 15 is 0 Å². The third-order valence-electron chi connectivity index (χ3n) is 1.33. The summed E-state index contributed by atoms with van der Waals surface area (Å²) in [6, 6.07) is 0. The maximum atomic E-state index is 3.71. The van der Waals surface area contributed by atoms with Crippen LogP contribution in [0.25, 0.3) is 0 Å². The van der Waals surface area contributed by atoms with Gasteiger partial charge >= 0.3 is 0 Å². The van der Waals surface area contributed by atoms with Crippen LogP contribution in [0.15, 0.2) is 36.5 Å². The molecule has 0 aromatic heterocycles.